The van der Waals surface area contributed by atoms with Crippen LogP contribution in [-0.2, 0) is 13.2 Å². The third-order valence-electron chi connectivity index (χ3n) is 3.95. The van der Waals surface area contributed by atoms with Crippen molar-refractivity contribution in [2.24, 2.45) is 0 Å². The van der Waals surface area contributed by atoms with E-state index in [0.29, 0.717) is 18.9 Å². The molecular weight excluding hydrogens is 410 g/mol. The smallest absolute Gasteiger partial charge is 0.251 e. The minimum absolute atomic E-state index is 0.0287. The summed E-state index contributed by atoms with van der Waals surface area (Å²) >= 11 is 7.12. The van der Waals surface area contributed by atoms with Gasteiger partial charge in [-0.05, 0) is 39.2 Å². The summed E-state index contributed by atoms with van der Waals surface area (Å²) in [6.07, 6.45) is 0. The summed E-state index contributed by atoms with van der Waals surface area (Å²) in [5.41, 5.74) is 3.01. The van der Waals surface area contributed by atoms with E-state index in [2.05, 4.69) is 31.9 Å². The number of hydrogen-bond acceptors (Lipinski definition) is 2. The normalized spacial score (nSPS) is 13.2. The number of hydrogen-bond donors (Lipinski definition) is 0. The molecule has 0 atom stereocenters. The van der Waals surface area contributed by atoms with Crippen molar-refractivity contribution in [3.63, 3.8) is 0 Å². The van der Waals surface area contributed by atoms with Crippen LogP contribution in [0.15, 0.2) is 56.2 Å². The summed E-state index contributed by atoms with van der Waals surface area (Å²) in [6.45, 7) is 1.04. The van der Waals surface area contributed by atoms with E-state index in [1.165, 1.54) is 0 Å². The van der Waals surface area contributed by atoms with E-state index >= 15 is 0 Å². The van der Waals surface area contributed by atoms with Crippen molar-refractivity contribution in [1.82, 2.24) is 4.57 Å². The lowest BCUT2D eigenvalue weighted by atomic mass is 10.1. The first kappa shape index (κ1) is 14.0. The Morgan fingerprint density at radius 1 is 1.00 bits per heavy atom. The molecule has 1 aliphatic heterocycles. The Kier molecular flexibility index (Phi) is 3.35. The third-order valence-corrected chi connectivity index (χ3v) is 5.19. The first-order valence-electron chi connectivity index (χ1n) is 6.86. The lowest BCUT2D eigenvalue weighted by molar-refractivity contribution is 0.302. The molecule has 0 fully saturated rings. The van der Waals surface area contributed by atoms with E-state index in [-0.39, 0.29) is 5.56 Å². The highest BCUT2D eigenvalue weighted by molar-refractivity contribution is 9.11. The van der Waals surface area contributed by atoms with Crippen molar-refractivity contribution in [3.05, 3.63) is 72.9 Å². The molecule has 0 radical (unpaired) electrons. The Morgan fingerprint density at radius 3 is 2.59 bits per heavy atom. The van der Waals surface area contributed by atoms with Gasteiger partial charge in [-0.15, -0.1) is 0 Å². The fraction of sp³-hybridized carbons (Fsp3) is 0.118. The number of fused-ring (bicyclic) bond motifs is 1. The molecule has 3 aromatic rings. The average molecular weight is 421 g/mol. The van der Waals surface area contributed by atoms with Gasteiger partial charge in [0.05, 0.1) is 16.5 Å². The molecule has 1 aromatic heterocycles. The minimum Gasteiger partial charge on any atom is -0.485 e. The molecule has 0 N–H and O–H groups in total. The molecule has 3 nitrogen and oxygen atoms in total. The summed E-state index contributed by atoms with van der Waals surface area (Å²) in [6, 6.07) is 13.5. The second-order valence-corrected chi connectivity index (χ2v) is 6.96. The molecule has 0 saturated carbocycles. The quantitative estimate of drug-likeness (QED) is 0.537. The van der Waals surface area contributed by atoms with Crippen LogP contribution in [0.5, 0.6) is 5.75 Å². The Bertz CT molecular complexity index is 963. The van der Waals surface area contributed by atoms with Crippen LogP contribution in [0.25, 0.3) is 10.9 Å². The zero-order valence-electron chi connectivity index (χ0n) is 11.5. The molecule has 5 heteroatoms. The van der Waals surface area contributed by atoms with Gasteiger partial charge in [0.2, 0.25) is 0 Å². The van der Waals surface area contributed by atoms with E-state index in [0.717, 1.165) is 31.0 Å². The molecule has 4 rings (SSSR count). The van der Waals surface area contributed by atoms with Gasteiger partial charge in [-0.2, -0.15) is 0 Å². The Balaban J connectivity index is 2.12. The van der Waals surface area contributed by atoms with Crippen LogP contribution in [0.2, 0.25) is 0 Å². The van der Waals surface area contributed by atoms with Gasteiger partial charge in [0, 0.05) is 15.9 Å². The number of aromatic nitrogens is 1. The minimum atomic E-state index is -0.0287. The van der Waals surface area contributed by atoms with Crippen molar-refractivity contribution in [2.45, 2.75) is 13.2 Å². The predicted molar refractivity (Wildman–Crippen MR) is 93.5 cm³/mol. The van der Waals surface area contributed by atoms with Gasteiger partial charge in [-0.1, -0.05) is 40.2 Å². The largest absolute Gasteiger partial charge is 0.485 e. The monoisotopic (exact) mass is 419 g/mol. The molecule has 0 aliphatic carbocycles. The first-order valence-corrected chi connectivity index (χ1v) is 8.45. The zero-order valence-corrected chi connectivity index (χ0v) is 14.6. The molecular formula is C17H11Br2NO2. The van der Waals surface area contributed by atoms with Crippen LogP contribution in [0, 0.1) is 0 Å². The molecule has 0 bridgehead atoms. The van der Waals surface area contributed by atoms with Crippen molar-refractivity contribution in [1.29, 1.82) is 0 Å². The molecule has 110 valence electrons. The van der Waals surface area contributed by atoms with Crippen LogP contribution in [0.1, 0.15) is 11.1 Å². The van der Waals surface area contributed by atoms with Gasteiger partial charge in [0.15, 0.2) is 5.75 Å². The molecule has 2 heterocycles. The van der Waals surface area contributed by atoms with Crippen LogP contribution in [-0.4, -0.2) is 4.57 Å². The van der Waals surface area contributed by atoms with Crippen molar-refractivity contribution >= 4 is 42.8 Å². The second kappa shape index (κ2) is 5.25. The van der Waals surface area contributed by atoms with Gasteiger partial charge < -0.3 is 9.30 Å². The molecule has 0 amide bonds. The van der Waals surface area contributed by atoms with Gasteiger partial charge in [-0.3, -0.25) is 4.79 Å². The maximum absolute atomic E-state index is 12.4. The fourth-order valence-corrected chi connectivity index (χ4v) is 4.24. The Morgan fingerprint density at radius 2 is 1.77 bits per heavy atom. The van der Waals surface area contributed by atoms with E-state index in [4.69, 9.17) is 4.74 Å². The number of ether oxygens (including phenoxy) is 1. The van der Waals surface area contributed by atoms with Gasteiger partial charge in [0.25, 0.3) is 5.56 Å². The van der Waals surface area contributed by atoms with Crippen LogP contribution >= 0.6 is 31.9 Å². The SMILES string of the molecule is O=c1ccc2c(Br)cc(Br)c3c2n1Cc1ccccc1CO3. The van der Waals surface area contributed by atoms with E-state index in [9.17, 15) is 4.79 Å². The topological polar surface area (TPSA) is 31.2 Å². The lowest BCUT2D eigenvalue weighted by Crippen LogP contribution is -2.23. The number of rotatable bonds is 0. The van der Waals surface area contributed by atoms with Gasteiger partial charge in [0.1, 0.15) is 6.61 Å². The van der Waals surface area contributed by atoms with Crippen molar-refractivity contribution in [3.8, 4) is 5.75 Å². The molecule has 22 heavy (non-hydrogen) atoms. The van der Waals surface area contributed by atoms with Crippen LogP contribution in [0.4, 0.5) is 0 Å². The van der Waals surface area contributed by atoms with E-state index in [1.54, 1.807) is 10.6 Å². The first-order chi connectivity index (χ1) is 10.6. The molecule has 1 aliphatic rings. The zero-order chi connectivity index (χ0) is 15.3. The molecule has 0 spiro atoms. The maximum atomic E-state index is 12.4. The standard InChI is InChI=1S/C17H11Br2NO2/c18-13-7-14(19)17-16-12(13)5-6-15(21)20(16)8-10-3-1-2-4-11(10)9-22-17/h1-7H,8-9H2. The molecule has 2 aromatic carbocycles. The molecule has 0 unspecified atom stereocenters. The highest BCUT2D eigenvalue weighted by atomic mass is 79.9. The maximum Gasteiger partial charge on any atom is 0.251 e. The number of benzene rings is 2. The van der Waals surface area contributed by atoms with E-state index in [1.807, 2.05) is 36.4 Å². The van der Waals surface area contributed by atoms with Gasteiger partial charge >= 0.3 is 0 Å². The highest BCUT2D eigenvalue weighted by Gasteiger charge is 2.19. The average Bonchev–Trinajstić information content (AvgIpc) is 2.48. The Labute approximate surface area is 143 Å². The number of halogens is 2. The number of nitrogens with zero attached hydrogens (tertiary/aromatic N) is 1. The summed E-state index contributed by atoms with van der Waals surface area (Å²) in [5.74, 6) is 0.713. The lowest BCUT2D eigenvalue weighted by Gasteiger charge is -2.21. The molecule has 0 saturated heterocycles. The third kappa shape index (κ3) is 2.11. The Hall–Kier alpha value is -1.59. The summed E-state index contributed by atoms with van der Waals surface area (Å²) in [7, 11) is 0. The summed E-state index contributed by atoms with van der Waals surface area (Å²) in [4.78, 5) is 12.4. The van der Waals surface area contributed by atoms with Gasteiger partial charge in [-0.25, -0.2) is 0 Å². The highest BCUT2D eigenvalue weighted by Crippen LogP contribution is 2.39. The summed E-state index contributed by atoms with van der Waals surface area (Å²) in [5, 5.41) is 0.970. The number of pyridine rings is 1. The van der Waals surface area contributed by atoms with Crippen LogP contribution < -0.4 is 10.3 Å². The predicted octanol–water partition coefficient (Wildman–Crippen LogP) is 4.47. The van der Waals surface area contributed by atoms with Crippen molar-refractivity contribution in [2.75, 3.05) is 0 Å². The summed E-state index contributed by atoms with van der Waals surface area (Å²) < 4.78 is 9.59. The van der Waals surface area contributed by atoms with Crippen LogP contribution in [0.3, 0.4) is 0 Å². The second-order valence-electron chi connectivity index (χ2n) is 5.25. The van der Waals surface area contributed by atoms with Crippen molar-refractivity contribution < 1.29 is 4.74 Å². The van der Waals surface area contributed by atoms with E-state index < -0.39 is 0 Å². The fourth-order valence-electron chi connectivity index (χ4n) is 2.85.